The highest BCUT2D eigenvalue weighted by Gasteiger charge is 2.63. The molecule has 0 heterocycles. The average molecular weight is 304 g/mol. The van der Waals surface area contributed by atoms with E-state index < -0.39 is 6.10 Å². The number of aliphatic hydroxyl groups is 1. The van der Waals surface area contributed by atoms with Crippen LogP contribution in [0.25, 0.3) is 0 Å². The van der Waals surface area contributed by atoms with Crippen LogP contribution in [0, 0.1) is 34.5 Å². The van der Waals surface area contributed by atoms with Gasteiger partial charge in [-0.3, -0.25) is 9.59 Å². The smallest absolute Gasteiger partial charge is 0.137 e. The molecule has 0 amide bonds. The fourth-order valence-electron chi connectivity index (χ4n) is 6.93. The van der Waals surface area contributed by atoms with Gasteiger partial charge in [0.05, 0.1) is 6.10 Å². The molecule has 22 heavy (non-hydrogen) atoms. The average Bonchev–Trinajstić information content (AvgIpc) is 2.82. The Kier molecular flexibility index (Phi) is 3.15. The predicted molar refractivity (Wildman–Crippen MR) is 83.1 cm³/mol. The highest BCUT2D eigenvalue weighted by atomic mass is 16.3. The second-order valence-corrected chi connectivity index (χ2v) is 9.10. The minimum Gasteiger partial charge on any atom is -0.393 e. The lowest BCUT2D eigenvalue weighted by atomic mass is 9.44. The molecule has 0 aliphatic heterocycles. The Morgan fingerprint density at radius 3 is 2.68 bits per heavy atom. The van der Waals surface area contributed by atoms with Gasteiger partial charge in [-0.25, -0.2) is 0 Å². The van der Waals surface area contributed by atoms with Crippen molar-refractivity contribution in [3.63, 3.8) is 0 Å². The van der Waals surface area contributed by atoms with Gasteiger partial charge in [-0.15, -0.1) is 0 Å². The molecule has 7 unspecified atom stereocenters. The van der Waals surface area contributed by atoms with E-state index in [-0.39, 0.29) is 28.4 Å². The lowest BCUT2D eigenvalue weighted by Crippen LogP contribution is -2.60. The summed E-state index contributed by atoms with van der Waals surface area (Å²) in [5.41, 5.74) is 0.0168. The minimum atomic E-state index is -0.397. The Morgan fingerprint density at radius 2 is 1.91 bits per heavy atom. The number of aliphatic hydroxyl groups excluding tert-OH is 1. The molecule has 0 spiro atoms. The van der Waals surface area contributed by atoms with E-state index in [0.29, 0.717) is 30.5 Å². The predicted octanol–water partition coefficient (Wildman–Crippen LogP) is 3.14. The largest absolute Gasteiger partial charge is 0.393 e. The van der Waals surface area contributed by atoms with Gasteiger partial charge >= 0.3 is 0 Å². The number of rotatable bonds is 0. The first kappa shape index (κ1) is 14.9. The topological polar surface area (TPSA) is 54.4 Å². The molecule has 0 bridgehead atoms. The third kappa shape index (κ3) is 1.84. The summed E-state index contributed by atoms with van der Waals surface area (Å²) >= 11 is 0. The summed E-state index contributed by atoms with van der Waals surface area (Å²) in [6.45, 7) is 4.49. The molecule has 122 valence electrons. The van der Waals surface area contributed by atoms with E-state index in [0.717, 1.165) is 19.3 Å². The third-order valence-corrected chi connectivity index (χ3v) is 7.95. The fraction of sp³-hybridized carbons (Fsp3) is 0.895. The number of fused-ring (bicyclic) bond motifs is 5. The molecule has 7 atom stereocenters. The van der Waals surface area contributed by atoms with Crippen molar-refractivity contribution in [1.82, 2.24) is 0 Å². The van der Waals surface area contributed by atoms with E-state index in [4.69, 9.17) is 0 Å². The zero-order valence-electron chi connectivity index (χ0n) is 13.8. The first-order valence-electron chi connectivity index (χ1n) is 9.08. The van der Waals surface area contributed by atoms with Crippen LogP contribution >= 0.6 is 0 Å². The zero-order chi connectivity index (χ0) is 15.7. The molecule has 0 saturated heterocycles. The molecular weight excluding hydrogens is 276 g/mol. The van der Waals surface area contributed by atoms with Crippen molar-refractivity contribution in [3.05, 3.63) is 0 Å². The summed E-state index contributed by atoms with van der Waals surface area (Å²) in [6, 6.07) is 0. The van der Waals surface area contributed by atoms with Crippen LogP contribution < -0.4 is 0 Å². The van der Waals surface area contributed by atoms with Crippen LogP contribution in [0.1, 0.15) is 65.2 Å². The van der Waals surface area contributed by atoms with Crippen molar-refractivity contribution in [3.8, 4) is 0 Å². The van der Waals surface area contributed by atoms with Crippen LogP contribution in [-0.4, -0.2) is 22.8 Å². The number of hydrogen-bond donors (Lipinski definition) is 1. The van der Waals surface area contributed by atoms with Crippen LogP contribution in [0.4, 0.5) is 0 Å². The molecule has 4 saturated carbocycles. The van der Waals surface area contributed by atoms with Gasteiger partial charge in [-0.1, -0.05) is 20.3 Å². The molecular formula is C19H28O3. The van der Waals surface area contributed by atoms with Gasteiger partial charge in [0.2, 0.25) is 0 Å². The van der Waals surface area contributed by atoms with Gasteiger partial charge in [-0.05, 0) is 54.3 Å². The van der Waals surface area contributed by atoms with Crippen molar-refractivity contribution in [2.24, 2.45) is 34.5 Å². The number of ketones is 2. The fourth-order valence-corrected chi connectivity index (χ4v) is 6.93. The Balaban J connectivity index is 1.74. The summed E-state index contributed by atoms with van der Waals surface area (Å²) < 4.78 is 0. The van der Waals surface area contributed by atoms with Gasteiger partial charge in [0.1, 0.15) is 11.6 Å². The van der Waals surface area contributed by atoms with E-state index in [2.05, 4.69) is 13.8 Å². The van der Waals surface area contributed by atoms with Crippen LogP contribution in [0.2, 0.25) is 0 Å². The molecule has 4 fully saturated rings. The zero-order valence-corrected chi connectivity index (χ0v) is 13.8. The standard InChI is InChI=1S/C19H28O3/c1-18-6-3-4-13(18)12-9-15(21)14-8-11(20)5-7-19(14,2)17(12)16(22)10-18/h12-15,17,21H,3-10H2,1-2H3. The molecule has 0 radical (unpaired) electrons. The summed E-state index contributed by atoms with van der Waals surface area (Å²) in [7, 11) is 0. The SMILES string of the molecule is CC12CCCC1C1CC(O)C3CC(=O)CCC3(C)C1C(=O)C2. The first-order chi connectivity index (χ1) is 10.3. The Hall–Kier alpha value is -0.700. The molecule has 0 aromatic carbocycles. The van der Waals surface area contributed by atoms with Crippen molar-refractivity contribution < 1.29 is 14.7 Å². The molecule has 0 aromatic rings. The second-order valence-electron chi connectivity index (χ2n) is 9.10. The maximum Gasteiger partial charge on any atom is 0.137 e. The van der Waals surface area contributed by atoms with Crippen LogP contribution in [0.3, 0.4) is 0 Å². The molecule has 3 nitrogen and oxygen atoms in total. The molecule has 4 aliphatic rings. The summed E-state index contributed by atoms with van der Waals surface area (Å²) in [5, 5.41) is 10.8. The van der Waals surface area contributed by atoms with Crippen molar-refractivity contribution >= 4 is 11.6 Å². The molecule has 4 aliphatic carbocycles. The van der Waals surface area contributed by atoms with Crippen LogP contribution in [-0.2, 0) is 9.59 Å². The maximum atomic E-state index is 13.1. The molecule has 0 aromatic heterocycles. The lowest BCUT2D eigenvalue weighted by molar-refractivity contribution is -0.173. The number of carbonyl (C=O) groups is 2. The number of Topliss-reactive ketones (excluding diaryl/α,β-unsaturated/α-hetero) is 2. The van der Waals surface area contributed by atoms with Crippen molar-refractivity contribution in [2.45, 2.75) is 71.3 Å². The maximum absolute atomic E-state index is 13.1. The van der Waals surface area contributed by atoms with Gasteiger partial charge in [0, 0.05) is 25.2 Å². The summed E-state index contributed by atoms with van der Waals surface area (Å²) in [6.07, 6.45) is 6.56. The van der Waals surface area contributed by atoms with Gasteiger partial charge in [-0.2, -0.15) is 0 Å². The van der Waals surface area contributed by atoms with Gasteiger partial charge in [0.25, 0.3) is 0 Å². The second kappa shape index (κ2) is 4.66. The number of carbonyl (C=O) groups excluding carboxylic acids is 2. The highest BCUT2D eigenvalue weighted by Crippen LogP contribution is 2.64. The Bertz CT molecular complexity index is 527. The van der Waals surface area contributed by atoms with E-state index in [1.165, 1.54) is 19.3 Å². The van der Waals surface area contributed by atoms with Crippen LogP contribution in [0.5, 0.6) is 0 Å². The molecule has 3 heteroatoms. The quantitative estimate of drug-likeness (QED) is 0.748. The van der Waals surface area contributed by atoms with E-state index >= 15 is 0 Å². The monoisotopic (exact) mass is 304 g/mol. The molecule has 4 rings (SSSR count). The first-order valence-corrected chi connectivity index (χ1v) is 9.08. The van der Waals surface area contributed by atoms with E-state index in [1.807, 2.05) is 0 Å². The third-order valence-electron chi connectivity index (χ3n) is 7.95. The minimum absolute atomic E-state index is 0.00436. The highest BCUT2D eigenvalue weighted by molar-refractivity contribution is 5.85. The normalized spacial score (nSPS) is 54.6. The van der Waals surface area contributed by atoms with Crippen molar-refractivity contribution in [1.29, 1.82) is 0 Å². The lowest BCUT2D eigenvalue weighted by Gasteiger charge is -2.59. The molecule has 1 N–H and O–H groups in total. The van der Waals surface area contributed by atoms with E-state index in [9.17, 15) is 14.7 Å². The summed E-state index contributed by atoms with van der Waals surface area (Å²) in [5.74, 6) is 1.74. The number of hydrogen-bond acceptors (Lipinski definition) is 3. The van der Waals surface area contributed by atoms with E-state index in [1.54, 1.807) is 0 Å². The van der Waals surface area contributed by atoms with Crippen molar-refractivity contribution in [2.75, 3.05) is 0 Å². The Morgan fingerprint density at radius 1 is 1.14 bits per heavy atom. The Labute approximate surface area is 132 Å². The van der Waals surface area contributed by atoms with Gasteiger partial charge in [0.15, 0.2) is 0 Å². The van der Waals surface area contributed by atoms with Gasteiger partial charge < -0.3 is 5.11 Å². The summed E-state index contributed by atoms with van der Waals surface area (Å²) in [4.78, 5) is 24.9. The van der Waals surface area contributed by atoms with Crippen LogP contribution in [0.15, 0.2) is 0 Å².